The Labute approximate surface area is 97.4 Å². The van der Waals surface area contributed by atoms with Gasteiger partial charge in [-0.2, -0.15) is 0 Å². The number of hydrogen-bond donors (Lipinski definition) is 2. The normalized spacial score (nSPS) is 10.3. The first-order chi connectivity index (χ1) is 7.79. The molecule has 2 N–H and O–H groups in total. The van der Waals surface area contributed by atoms with Gasteiger partial charge in [-0.1, -0.05) is 6.92 Å². The van der Waals surface area contributed by atoms with Crippen molar-refractivity contribution in [1.82, 2.24) is 9.97 Å². The van der Waals surface area contributed by atoms with Gasteiger partial charge in [0.1, 0.15) is 5.82 Å². The standard InChI is InChI=1S/C11H13N3OS/c1-2-8-3-4-16-9(8)6-12-10-5-11(15)14-7-13-10/h3-5,7H,2,6H2,1H3,(H2,12,13,14,15). The van der Waals surface area contributed by atoms with Crippen LogP contribution in [0.4, 0.5) is 5.82 Å². The maximum atomic E-state index is 11.0. The zero-order valence-electron chi connectivity index (χ0n) is 8.99. The molecule has 2 heterocycles. The third-order valence-electron chi connectivity index (χ3n) is 2.33. The lowest BCUT2D eigenvalue weighted by atomic mass is 10.2. The van der Waals surface area contributed by atoms with Crippen molar-refractivity contribution in [2.24, 2.45) is 0 Å². The predicted molar refractivity (Wildman–Crippen MR) is 65.9 cm³/mol. The maximum Gasteiger partial charge on any atom is 0.252 e. The van der Waals surface area contributed by atoms with Crippen LogP contribution in [0.3, 0.4) is 0 Å². The van der Waals surface area contributed by atoms with Crippen molar-refractivity contribution in [3.05, 3.63) is 44.6 Å². The van der Waals surface area contributed by atoms with Gasteiger partial charge in [-0.05, 0) is 23.4 Å². The SMILES string of the molecule is CCc1ccsc1CNc1cc(=O)[nH]cn1. The second-order valence-corrected chi connectivity index (χ2v) is 4.37. The molecule has 2 aromatic heterocycles. The number of H-pyrrole nitrogens is 1. The smallest absolute Gasteiger partial charge is 0.252 e. The molecule has 0 amide bonds. The first-order valence-corrected chi connectivity index (χ1v) is 6.01. The van der Waals surface area contributed by atoms with E-state index in [0.717, 1.165) is 13.0 Å². The number of rotatable bonds is 4. The Morgan fingerprint density at radius 2 is 2.44 bits per heavy atom. The first kappa shape index (κ1) is 10.9. The number of aromatic nitrogens is 2. The summed E-state index contributed by atoms with van der Waals surface area (Å²) in [4.78, 5) is 18.9. The highest BCUT2D eigenvalue weighted by Gasteiger charge is 2.02. The van der Waals surface area contributed by atoms with Crippen molar-refractivity contribution in [3.8, 4) is 0 Å². The number of aromatic amines is 1. The van der Waals surface area contributed by atoms with Gasteiger partial charge in [-0.25, -0.2) is 4.98 Å². The van der Waals surface area contributed by atoms with E-state index >= 15 is 0 Å². The molecule has 0 atom stereocenters. The molecule has 0 fully saturated rings. The molecule has 0 radical (unpaired) electrons. The predicted octanol–water partition coefficient (Wildman–Crippen LogP) is 2.01. The van der Waals surface area contributed by atoms with Crippen LogP contribution < -0.4 is 10.9 Å². The molecule has 0 aromatic carbocycles. The molecule has 0 aliphatic rings. The van der Waals surface area contributed by atoms with E-state index in [4.69, 9.17) is 0 Å². The molecule has 2 aromatic rings. The fraction of sp³-hybridized carbons (Fsp3) is 0.273. The van der Waals surface area contributed by atoms with Gasteiger partial charge >= 0.3 is 0 Å². The molecule has 0 saturated heterocycles. The van der Waals surface area contributed by atoms with E-state index in [2.05, 4.69) is 33.7 Å². The van der Waals surface area contributed by atoms with Gasteiger partial charge < -0.3 is 10.3 Å². The second kappa shape index (κ2) is 4.94. The Morgan fingerprint density at radius 1 is 1.56 bits per heavy atom. The van der Waals surface area contributed by atoms with Crippen molar-refractivity contribution < 1.29 is 0 Å². The van der Waals surface area contributed by atoms with Crippen molar-refractivity contribution in [2.75, 3.05) is 5.32 Å². The van der Waals surface area contributed by atoms with E-state index in [-0.39, 0.29) is 5.56 Å². The lowest BCUT2D eigenvalue weighted by Gasteiger charge is -2.04. The summed E-state index contributed by atoms with van der Waals surface area (Å²) >= 11 is 1.72. The molecule has 0 bridgehead atoms. The summed E-state index contributed by atoms with van der Waals surface area (Å²) in [5, 5.41) is 5.23. The fourth-order valence-electron chi connectivity index (χ4n) is 1.47. The van der Waals surface area contributed by atoms with Gasteiger partial charge in [0.05, 0.1) is 12.9 Å². The molecule has 0 spiro atoms. The van der Waals surface area contributed by atoms with Gasteiger partial charge in [-0.3, -0.25) is 4.79 Å². The van der Waals surface area contributed by atoms with Crippen molar-refractivity contribution >= 4 is 17.2 Å². The lowest BCUT2D eigenvalue weighted by Crippen LogP contribution is -2.08. The third-order valence-corrected chi connectivity index (χ3v) is 3.29. The molecule has 84 valence electrons. The first-order valence-electron chi connectivity index (χ1n) is 5.13. The Balaban J connectivity index is 2.05. The molecule has 0 unspecified atom stereocenters. The highest BCUT2D eigenvalue weighted by molar-refractivity contribution is 7.10. The maximum absolute atomic E-state index is 11.0. The number of anilines is 1. The summed E-state index contributed by atoms with van der Waals surface area (Å²) in [7, 11) is 0. The van der Waals surface area contributed by atoms with Crippen LogP contribution in [-0.4, -0.2) is 9.97 Å². The quantitative estimate of drug-likeness (QED) is 0.852. The van der Waals surface area contributed by atoms with Crippen molar-refractivity contribution in [2.45, 2.75) is 19.9 Å². The second-order valence-electron chi connectivity index (χ2n) is 3.37. The van der Waals surface area contributed by atoms with E-state index in [9.17, 15) is 4.79 Å². The molecule has 16 heavy (non-hydrogen) atoms. The number of aryl methyl sites for hydroxylation is 1. The number of thiophene rings is 1. The average Bonchev–Trinajstić information content (AvgIpc) is 2.74. The van der Waals surface area contributed by atoms with Gasteiger partial charge in [0, 0.05) is 10.9 Å². The fourth-order valence-corrected chi connectivity index (χ4v) is 2.39. The number of hydrogen-bond acceptors (Lipinski definition) is 4. The molecule has 2 rings (SSSR count). The van der Waals surface area contributed by atoms with Crippen LogP contribution in [0.5, 0.6) is 0 Å². The Kier molecular flexibility index (Phi) is 3.36. The Hall–Kier alpha value is -1.62. The molecule has 5 heteroatoms. The third kappa shape index (κ3) is 2.49. The van der Waals surface area contributed by atoms with Gasteiger partial charge in [0.2, 0.25) is 0 Å². The summed E-state index contributed by atoms with van der Waals surface area (Å²) in [6, 6.07) is 3.59. The van der Waals surface area contributed by atoms with Gasteiger partial charge in [-0.15, -0.1) is 11.3 Å². The topological polar surface area (TPSA) is 57.8 Å². The zero-order chi connectivity index (χ0) is 11.4. The van der Waals surface area contributed by atoms with Crippen LogP contribution in [0, 0.1) is 0 Å². The summed E-state index contributed by atoms with van der Waals surface area (Å²) in [5.74, 6) is 0.610. The van der Waals surface area contributed by atoms with Crippen LogP contribution >= 0.6 is 11.3 Å². The molecular formula is C11H13N3OS. The van der Waals surface area contributed by atoms with Crippen molar-refractivity contribution in [1.29, 1.82) is 0 Å². The van der Waals surface area contributed by atoms with Gasteiger partial charge in [0.15, 0.2) is 0 Å². The van der Waals surface area contributed by atoms with E-state index < -0.39 is 0 Å². The molecule has 0 aliphatic heterocycles. The zero-order valence-corrected chi connectivity index (χ0v) is 9.80. The van der Waals surface area contributed by atoms with Crippen LogP contribution in [0.1, 0.15) is 17.4 Å². The summed E-state index contributed by atoms with van der Waals surface area (Å²) in [6.07, 6.45) is 2.43. The Bertz CT molecular complexity index is 518. The number of nitrogens with zero attached hydrogens (tertiary/aromatic N) is 1. The Morgan fingerprint density at radius 3 is 3.19 bits per heavy atom. The lowest BCUT2D eigenvalue weighted by molar-refractivity contribution is 1.04. The van der Waals surface area contributed by atoms with Crippen molar-refractivity contribution in [3.63, 3.8) is 0 Å². The minimum atomic E-state index is -0.139. The van der Waals surface area contributed by atoms with Gasteiger partial charge in [0.25, 0.3) is 5.56 Å². The summed E-state index contributed by atoms with van der Waals surface area (Å²) in [6.45, 7) is 2.86. The molecular weight excluding hydrogens is 222 g/mol. The minimum absolute atomic E-state index is 0.139. The van der Waals surface area contributed by atoms with E-state index in [1.165, 1.54) is 22.8 Å². The minimum Gasteiger partial charge on any atom is -0.365 e. The summed E-state index contributed by atoms with van der Waals surface area (Å²) in [5.41, 5.74) is 1.21. The van der Waals surface area contributed by atoms with Crippen LogP contribution in [-0.2, 0) is 13.0 Å². The van der Waals surface area contributed by atoms with Crippen LogP contribution in [0.2, 0.25) is 0 Å². The van der Waals surface area contributed by atoms with Crippen LogP contribution in [0.15, 0.2) is 28.6 Å². The monoisotopic (exact) mass is 235 g/mol. The average molecular weight is 235 g/mol. The number of nitrogens with one attached hydrogen (secondary N) is 2. The van der Waals surface area contributed by atoms with E-state index in [0.29, 0.717) is 5.82 Å². The molecule has 4 nitrogen and oxygen atoms in total. The van der Waals surface area contributed by atoms with Crippen LogP contribution in [0.25, 0.3) is 0 Å². The molecule has 0 saturated carbocycles. The van der Waals surface area contributed by atoms with E-state index in [1.54, 1.807) is 11.3 Å². The summed E-state index contributed by atoms with van der Waals surface area (Å²) < 4.78 is 0. The highest BCUT2D eigenvalue weighted by Crippen LogP contribution is 2.18. The van der Waals surface area contributed by atoms with E-state index in [1.807, 2.05) is 0 Å². The highest BCUT2D eigenvalue weighted by atomic mass is 32.1. The molecule has 0 aliphatic carbocycles. The largest absolute Gasteiger partial charge is 0.365 e.